The van der Waals surface area contributed by atoms with Crippen LogP contribution in [-0.2, 0) is 0 Å². The maximum atomic E-state index is 5.95. The van der Waals surface area contributed by atoms with Crippen LogP contribution in [0.5, 0.6) is 5.75 Å². The molecule has 5 heteroatoms. The first-order valence-electron chi connectivity index (χ1n) is 5.51. The van der Waals surface area contributed by atoms with Gasteiger partial charge in [-0.05, 0) is 44.3 Å². The van der Waals surface area contributed by atoms with Gasteiger partial charge < -0.3 is 15.0 Å². The molecule has 0 aliphatic rings. The number of nitrogens with one attached hydrogen (secondary N) is 1. The highest BCUT2D eigenvalue weighted by Gasteiger charge is 2.09. The van der Waals surface area contributed by atoms with Gasteiger partial charge in [-0.1, -0.05) is 11.6 Å². The van der Waals surface area contributed by atoms with Gasteiger partial charge in [-0.3, -0.25) is 0 Å². The Morgan fingerprint density at radius 3 is 2.59 bits per heavy atom. The highest BCUT2D eigenvalue weighted by Crippen LogP contribution is 2.27. The lowest BCUT2D eigenvalue weighted by atomic mass is 10.3. The molecule has 0 spiro atoms. The van der Waals surface area contributed by atoms with E-state index in [4.69, 9.17) is 28.6 Å². The summed E-state index contributed by atoms with van der Waals surface area (Å²) in [6, 6.07) is 5.40. The summed E-state index contributed by atoms with van der Waals surface area (Å²) in [5.74, 6) is 0.726. The molecule has 0 atom stereocenters. The third kappa shape index (κ3) is 3.75. The van der Waals surface area contributed by atoms with Crippen molar-refractivity contribution in [2.45, 2.75) is 13.8 Å². The van der Waals surface area contributed by atoms with Crippen molar-refractivity contribution in [1.29, 1.82) is 0 Å². The van der Waals surface area contributed by atoms with Crippen LogP contribution < -0.4 is 10.1 Å². The maximum Gasteiger partial charge on any atom is 0.173 e. The lowest BCUT2D eigenvalue weighted by molar-refractivity contribution is 0.416. The van der Waals surface area contributed by atoms with E-state index in [9.17, 15) is 0 Å². The first kappa shape index (κ1) is 14.1. The largest absolute Gasteiger partial charge is 0.495 e. The summed E-state index contributed by atoms with van der Waals surface area (Å²) in [6.07, 6.45) is 0. The van der Waals surface area contributed by atoms with Crippen LogP contribution in [0.3, 0.4) is 0 Å². The molecule has 0 fully saturated rings. The third-order valence-corrected chi connectivity index (χ3v) is 3.05. The fraction of sp³-hybridized carbons (Fsp3) is 0.417. The van der Waals surface area contributed by atoms with Crippen molar-refractivity contribution < 1.29 is 4.74 Å². The number of anilines is 1. The van der Waals surface area contributed by atoms with Gasteiger partial charge in [-0.15, -0.1) is 0 Å². The zero-order chi connectivity index (χ0) is 12.8. The summed E-state index contributed by atoms with van der Waals surface area (Å²) in [7, 11) is 1.62. The quantitative estimate of drug-likeness (QED) is 0.850. The molecule has 1 rings (SSSR count). The Bertz CT molecular complexity index is 394. The van der Waals surface area contributed by atoms with Crippen molar-refractivity contribution in [3.63, 3.8) is 0 Å². The van der Waals surface area contributed by atoms with Crippen molar-refractivity contribution in [3.8, 4) is 5.75 Å². The van der Waals surface area contributed by atoms with Crippen LogP contribution in [0.15, 0.2) is 18.2 Å². The summed E-state index contributed by atoms with van der Waals surface area (Å²) in [5.41, 5.74) is 0.789. The van der Waals surface area contributed by atoms with E-state index in [1.165, 1.54) is 0 Å². The third-order valence-electron chi connectivity index (χ3n) is 2.45. The lowest BCUT2D eigenvalue weighted by Crippen LogP contribution is -2.34. The van der Waals surface area contributed by atoms with Crippen LogP contribution in [0.1, 0.15) is 13.8 Å². The van der Waals surface area contributed by atoms with Crippen LogP contribution in [-0.4, -0.2) is 30.2 Å². The molecule has 0 heterocycles. The second-order valence-electron chi connectivity index (χ2n) is 3.45. The maximum absolute atomic E-state index is 5.95. The van der Waals surface area contributed by atoms with E-state index in [1.54, 1.807) is 19.2 Å². The van der Waals surface area contributed by atoms with Crippen LogP contribution >= 0.6 is 23.8 Å². The Kier molecular flexibility index (Phi) is 5.51. The number of nitrogens with zero attached hydrogens (tertiary/aromatic N) is 1. The van der Waals surface area contributed by atoms with Crippen LogP contribution in [0.25, 0.3) is 0 Å². The van der Waals surface area contributed by atoms with Gasteiger partial charge in [0.15, 0.2) is 5.11 Å². The van der Waals surface area contributed by atoms with E-state index >= 15 is 0 Å². The Hall–Kier alpha value is -1.00. The van der Waals surface area contributed by atoms with E-state index in [1.807, 2.05) is 6.07 Å². The van der Waals surface area contributed by atoms with Gasteiger partial charge in [-0.2, -0.15) is 0 Å². The summed E-state index contributed by atoms with van der Waals surface area (Å²) >= 11 is 11.3. The lowest BCUT2D eigenvalue weighted by Gasteiger charge is -2.23. The van der Waals surface area contributed by atoms with Gasteiger partial charge in [0.05, 0.1) is 12.8 Å². The number of hydrogen-bond acceptors (Lipinski definition) is 2. The summed E-state index contributed by atoms with van der Waals surface area (Å²) in [6.45, 7) is 5.86. The normalized spacial score (nSPS) is 9.88. The molecule has 0 saturated carbocycles. The molecule has 0 aromatic heterocycles. The van der Waals surface area contributed by atoms with Crippen molar-refractivity contribution in [2.24, 2.45) is 0 Å². The second kappa shape index (κ2) is 6.67. The van der Waals surface area contributed by atoms with Crippen molar-refractivity contribution in [2.75, 3.05) is 25.5 Å². The molecular weight excluding hydrogens is 256 g/mol. The molecule has 0 saturated heterocycles. The Morgan fingerprint density at radius 2 is 2.06 bits per heavy atom. The fourth-order valence-electron chi connectivity index (χ4n) is 1.48. The first-order valence-corrected chi connectivity index (χ1v) is 6.30. The average molecular weight is 273 g/mol. The number of benzene rings is 1. The molecule has 0 radical (unpaired) electrons. The Morgan fingerprint density at radius 1 is 1.41 bits per heavy atom. The van der Waals surface area contributed by atoms with E-state index in [-0.39, 0.29) is 0 Å². The molecule has 0 amide bonds. The number of ether oxygens (including phenoxy) is 1. The molecule has 1 aromatic carbocycles. The number of methoxy groups -OCH3 is 1. The zero-order valence-electron chi connectivity index (χ0n) is 10.3. The van der Waals surface area contributed by atoms with Gasteiger partial charge in [0.1, 0.15) is 5.75 Å². The highest BCUT2D eigenvalue weighted by atomic mass is 35.5. The van der Waals surface area contributed by atoms with Gasteiger partial charge >= 0.3 is 0 Å². The number of hydrogen-bond donors (Lipinski definition) is 1. The predicted octanol–water partition coefficient (Wildman–Crippen LogP) is 3.39. The molecule has 1 aromatic rings. The van der Waals surface area contributed by atoms with E-state index in [0.29, 0.717) is 10.1 Å². The SMILES string of the molecule is CCN(CC)C(=S)Nc1cc(Cl)ccc1OC. The Balaban J connectivity index is 2.86. The monoisotopic (exact) mass is 272 g/mol. The highest BCUT2D eigenvalue weighted by molar-refractivity contribution is 7.80. The fourth-order valence-corrected chi connectivity index (χ4v) is 2.02. The van der Waals surface area contributed by atoms with Crippen molar-refractivity contribution >= 4 is 34.6 Å². The van der Waals surface area contributed by atoms with E-state index in [0.717, 1.165) is 24.5 Å². The number of halogens is 1. The van der Waals surface area contributed by atoms with Gasteiger partial charge in [-0.25, -0.2) is 0 Å². The molecule has 0 unspecified atom stereocenters. The van der Waals surface area contributed by atoms with Crippen LogP contribution in [0.2, 0.25) is 5.02 Å². The minimum Gasteiger partial charge on any atom is -0.495 e. The number of rotatable bonds is 4. The standard InChI is InChI=1S/C12H17ClN2OS/c1-4-15(5-2)12(17)14-10-8-9(13)6-7-11(10)16-3/h6-8H,4-5H2,1-3H3,(H,14,17). The van der Waals surface area contributed by atoms with Crippen LogP contribution in [0, 0.1) is 0 Å². The summed E-state index contributed by atoms with van der Waals surface area (Å²) in [4.78, 5) is 2.05. The molecule has 17 heavy (non-hydrogen) atoms. The van der Waals surface area contributed by atoms with E-state index in [2.05, 4.69) is 24.1 Å². The van der Waals surface area contributed by atoms with E-state index < -0.39 is 0 Å². The average Bonchev–Trinajstić information content (AvgIpc) is 2.31. The molecule has 0 bridgehead atoms. The van der Waals surface area contributed by atoms with Crippen LogP contribution in [0.4, 0.5) is 5.69 Å². The minimum absolute atomic E-state index is 0.649. The minimum atomic E-state index is 0.649. The molecule has 0 aliphatic carbocycles. The van der Waals surface area contributed by atoms with Crippen molar-refractivity contribution in [3.05, 3.63) is 23.2 Å². The number of thiocarbonyl (C=S) groups is 1. The van der Waals surface area contributed by atoms with Crippen molar-refractivity contribution in [1.82, 2.24) is 4.90 Å². The van der Waals surface area contributed by atoms with Gasteiger partial charge in [0.25, 0.3) is 0 Å². The summed E-state index contributed by atoms with van der Waals surface area (Å²) < 4.78 is 5.25. The second-order valence-corrected chi connectivity index (χ2v) is 4.27. The molecule has 3 nitrogen and oxygen atoms in total. The summed E-state index contributed by atoms with van der Waals surface area (Å²) in [5, 5.41) is 4.48. The zero-order valence-corrected chi connectivity index (χ0v) is 11.9. The Labute approximate surface area is 113 Å². The molecule has 94 valence electrons. The smallest absolute Gasteiger partial charge is 0.173 e. The topological polar surface area (TPSA) is 24.5 Å². The van der Waals surface area contributed by atoms with Gasteiger partial charge in [0.2, 0.25) is 0 Å². The molecule has 0 aliphatic heterocycles. The molecular formula is C12H17ClN2OS. The first-order chi connectivity index (χ1) is 8.12. The predicted molar refractivity (Wildman–Crippen MR) is 77.1 cm³/mol. The molecule has 1 N–H and O–H groups in total. The van der Waals surface area contributed by atoms with Gasteiger partial charge in [0, 0.05) is 18.1 Å².